The van der Waals surface area contributed by atoms with Gasteiger partial charge in [0.15, 0.2) is 0 Å². The minimum absolute atomic E-state index is 0.188. The Morgan fingerprint density at radius 2 is 2.19 bits per heavy atom. The maximum Gasteiger partial charge on any atom is 0.410 e. The van der Waals surface area contributed by atoms with Crippen LogP contribution in [0.5, 0.6) is 0 Å². The van der Waals surface area contributed by atoms with Gasteiger partial charge in [-0.05, 0) is 30.1 Å². The van der Waals surface area contributed by atoms with Crippen LogP contribution in [0.3, 0.4) is 0 Å². The van der Waals surface area contributed by atoms with Crippen LogP contribution in [0.25, 0.3) is 0 Å². The van der Waals surface area contributed by atoms with Crippen LogP contribution >= 0.6 is 11.8 Å². The largest absolute Gasteiger partial charge is 0.445 e. The Hall–Kier alpha value is -1.20. The molecule has 0 radical (unpaired) electrons. The van der Waals surface area contributed by atoms with Crippen molar-refractivity contribution in [3.8, 4) is 0 Å². The summed E-state index contributed by atoms with van der Waals surface area (Å²) in [6, 6.07) is 9.80. The van der Waals surface area contributed by atoms with Gasteiger partial charge in [0.25, 0.3) is 0 Å². The molecule has 0 unspecified atom stereocenters. The van der Waals surface area contributed by atoms with Crippen molar-refractivity contribution in [2.24, 2.45) is 11.7 Å². The van der Waals surface area contributed by atoms with Crippen molar-refractivity contribution in [2.45, 2.75) is 19.4 Å². The number of thioether (sulfide) groups is 1. The summed E-state index contributed by atoms with van der Waals surface area (Å²) >= 11 is 1.88. The van der Waals surface area contributed by atoms with Crippen LogP contribution in [-0.2, 0) is 11.3 Å². The highest BCUT2D eigenvalue weighted by atomic mass is 32.2. The Bertz CT molecular complexity index is 428. The van der Waals surface area contributed by atoms with E-state index in [1.807, 2.05) is 47.0 Å². The first-order chi connectivity index (χ1) is 10.3. The predicted octanol–water partition coefficient (Wildman–Crippen LogP) is 2.73. The second-order valence-corrected chi connectivity index (χ2v) is 6.51. The summed E-state index contributed by atoms with van der Waals surface area (Å²) in [6.45, 7) is 2.69. The lowest BCUT2D eigenvalue weighted by Crippen LogP contribution is -2.40. The maximum atomic E-state index is 12.1. The van der Waals surface area contributed by atoms with E-state index in [4.69, 9.17) is 10.5 Å². The highest BCUT2D eigenvalue weighted by Crippen LogP contribution is 2.21. The molecule has 0 saturated carbocycles. The zero-order valence-corrected chi connectivity index (χ0v) is 13.2. The monoisotopic (exact) mass is 308 g/mol. The Kier molecular flexibility index (Phi) is 6.89. The van der Waals surface area contributed by atoms with Gasteiger partial charge in [-0.15, -0.1) is 0 Å². The molecule has 0 aromatic heterocycles. The first kappa shape index (κ1) is 16.2. The van der Waals surface area contributed by atoms with E-state index in [-0.39, 0.29) is 6.09 Å². The molecule has 1 amide bonds. The number of carbonyl (C=O) groups excluding carboxylic acids is 1. The number of rotatable bonds is 6. The van der Waals surface area contributed by atoms with Gasteiger partial charge >= 0.3 is 6.09 Å². The van der Waals surface area contributed by atoms with Crippen molar-refractivity contribution in [3.05, 3.63) is 35.9 Å². The van der Waals surface area contributed by atoms with Gasteiger partial charge in [0.05, 0.1) is 0 Å². The van der Waals surface area contributed by atoms with Gasteiger partial charge in [-0.3, -0.25) is 0 Å². The SMILES string of the molecule is NCCSC[C@@H]1CCCN(C(=O)OCc2ccccc2)C1. The molecule has 1 heterocycles. The number of likely N-dealkylation sites (tertiary alicyclic amines) is 1. The van der Waals surface area contributed by atoms with Crippen molar-refractivity contribution < 1.29 is 9.53 Å². The van der Waals surface area contributed by atoms with Crippen LogP contribution in [0, 0.1) is 5.92 Å². The summed E-state index contributed by atoms with van der Waals surface area (Å²) in [6.07, 6.45) is 2.07. The summed E-state index contributed by atoms with van der Waals surface area (Å²) in [5.74, 6) is 2.65. The number of carbonyl (C=O) groups is 1. The molecular weight excluding hydrogens is 284 g/mol. The standard InChI is InChI=1S/C16H24N2O2S/c17-8-10-21-13-15-7-4-9-18(11-15)16(19)20-12-14-5-2-1-3-6-14/h1-3,5-6,15H,4,7-13,17H2/t15-/m1/s1. The van der Waals surface area contributed by atoms with E-state index in [9.17, 15) is 4.79 Å². The lowest BCUT2D eigenvalue weighted by Gasteiger charge is -2.31. The van der Waals surface area contributed by atoms with Crippen LogP contribution in [0.1, 0.15) is 18.4 Å². The number of piperidine rings is 1. The van der Waals surface area contributed by atoms with Crippen LogP contribution in [0.15, 0.2) is 30.3 Å². The topological polar surface area (TPSA) is 55.6 Å². The summed E-state index contributed by atoms with van der Waals surface area (Å²) in [7, 11) is 0. The summed E-state index contributed by atoms with van der Waals surface area (Å²) in [5, 5.41) is 0. The number of hydrogen-bond donors (Lipinski definition) is 1. The molecule has 0 spiro atoms. The molecule has 5 heteroatoms. The third-order valence-electron chi connectivity index (χ3n) is 3.60. The van der Waals surface area contributed by atoms with Crippen molar-refractivity contribution in [1.82, 2.24) is 4.90 Å². The van der Waals surface area contributed by atoms with E-state index < -0.39 is 0 Å². The molecule has 2 rings (SSSR count). The molecule has 0 bridgehead atoms. The summed E-state index contributed by atoms with van der Waals surface area (Å²) < 4.78 is 5.40. The Morgan fingerprint density at radius 3 is 2.95 bits per heavy atom. The zero-order chi connectivity index (χ0) is 14.9. The van der Waals surface area contributed by atoms with Crippen LogP contribution in [0.2, 0.25) is 0 Å². The quantitative estimate of drug-likeness (QED) is 0.821. The van der Waals surface area contributed by atoms with E-state index in [0.717, 1.165) is 43.1 Å². The highest BCUT2D eigenvalue weighted by Gasteiger charge is 2.24. The zero-order valence-electron chi connectivity index (χ0n) is 12.4. The molecule has 21 heavy (non-hydrogen) atoms. The molecule has 1 saturated heterocycles. The van der Waals surface area contributed by atoms with Gasteiger partial charge < -0.3 is 15.4 Å². The fourth-order valence-electron chi connectivity index (χ4n) is 2.51. The summed E-state index contributed by atoms with van der Waals surface area (Å²) in [5.41, 5.74) is 6.53. The average Bonchev–Trinajstić information content (AvgIpc) is 2.54. The number of amides is 1. The maximum absolute atomic E-state index is 12.1. The van der Waals surface area contributed by atoms with Crippen LogP contribution < -0.4 is 5.73 Å². The molecule has 2 N–H and O–H groups in total. The average molecular weight is 308 g/mol. The van der Waals surface area contributed by atoms with Crippen molar-refractivity contribution in [3.63, 3.8) is 0 Å². The smallest absolute Gasteiger partial charge is 0.410 e. The van der Waals surface area contributed by atoms with Crippen molar-refractivity contribution >= 4 is 17.9 Å². The molecule has 116 valence electrons. The number of nitrogens with two attached hydrogens (primary N) is 1. The molecule has 1 aromatic rings. The number of benzene rings is 1. The molecule has 1 atom stereocenters. The van der Waals surface area contributed by atoms with E-state index in [2.05, 4.69) is 0 Å². The van der Waals surface area contributed by atoms with E-state index in [1.165, 1.54) is 6.42 Å². The van der Waals surface area contributed by atoms with Crippen molar-refractivity contribution in [2.75, 3.05) is 31.1 Å². The second-order valence-electron chi connectivity index (χ2n) is 5.36. The third kappa shape index (κ3) is 5.59. The second kappa shape index (κ2) is 8.95. The predicted molar refractivity (Wildman–Crippen MR) is 87.3 cm³/mol. The fourth-order valence-corrected chi connectivity index (χ4v) is 3.45. The van der Waals surface area contributed by atoms with Gasteiger partial charge in [0, 0.05) is 25.4 Å². The van der Waals surface area contributed by atoms with E-state index in [1.54, 1.807) is 0 Å². The normalized spacial score (nSPS) is 18.5. The molecule has 1 aliphatic heterocycles. The molecular formula is C16H24N2O2S. The minimum Gasteiger partial charge on any atom is -0.445 e. The lowest BCUT2D eigenvalue weighted by molar-refractivity contribution is 0.0815. The van der Waals surface area contributed by atoms with Gasteiger partial charge in [-0.1, -0.05) is 30.3 Å². The number of nitrogens with zero attached hydrogens (tertiary/aromatic N) is 1. The third-order valence-corrected chi connectivity index (χ3v) is 4.83. The molecule has 4 nitrogen and oxygen atoms in total. The Labute approximate surface area is 131 Å². The Balaban J connectivity index is 1.74. The molecule has 1 aromatic carbocycles. The lowest BCUT2D eigenvalue weighted by atomic mass is 10.0. The molecule has 1 fully saturated rings. The number of ether oxygens (including phenoxy) is 1. The van der Waals surface area contributed by atoms with Crippen LogP contribution in [0.4, 0.5) is 4.79 Å². The van der Waals surface area contributed by atoms with Gasteiger partial charge in [-0.2, -0.15) is 11.8 Å². The van der Waals surface area contributed by atoms with Crippen LogP contribution in [-0.4, -0.2) is 42.1 Å². The van der Waals surface area contributed by atoms with E-state index >= 15 is 0 Å². The molecule has 0 aliphatic carbocycles. The highest BCUT2D eigenvalue weighted by molar-refractivity contribution is 7.99. The Morgan fingerprint density at radius 1 is 1.38 bits per heavy atom. The van der Waals surface area contributed by atoms with Gasteiger partial charge in [0.1, 0.15) is 6.61 Å². The first-order valence-corrected chi connectivity index (χ1v) is 8.68. The number of hydrogen-bond acceptors (Lipinski definition) is 4. The minimum atomic E-state index is -0.188. The van der Waals surface area contributed by atoms with Crippen molar-refractivity contribution in [1.29, 1.82) is 0 Å². The fraction of sp³-hybridized carbons (Fsp3) is 0.562. The first-order valence-electron chi connectivity index (χ1n) is 7.53. The molecule has 1 aliphatic rings. The van der Waals surface area contributed by atoms with Gasteiger partial charge in [-0.25, -0.2) is 4.79 Å². The van der Waals surface area contributed by atoms with Gasteiger partial charge in [0.2, 0.25) is 0 Å². The summed E-state index contributed by atoms with van der Waals surface area (Å²) in [4.78, 5) is 14.0. The van der Waals surface area contributed by atoms with E-state index in [0.29, 0.717) is 12.5 Å².